The largest absolute Gasteiger partial charge is 0.462 e. The zero-order valence-electron chi connectivity index (χ0n) is 43.8. The Morgan fingerprint density at radius 3 is 0.971 bits per heavy atom. The minimum absolute atomic E-state index is 0.0738. The zero-order chi connectivity index (χ0) is 50.0. The second kappa shape index (κ2) is 55.6. The second-order valence-corrected chi connectivity index (χ2v) is 17.0. The van der Waals surface area contributed by atoms with Crippen molar-refractivity contribution >= 4 is 17.9 Å². The highest BCUT2D eigenvalue weighted by atomic mass is 16.6. The fourth-order valence-electron chi connectivity index (χ4n) is 6.64. The molecule has 6 nitrogen and oxygen atoms in total. The first kappa shape index (κ1) is 64.0. The van der Waals surface area contributed by atoms with Crippen LogP contribution in [0.1, 0.15) is 201 Å². The lowest BCUT2D eigenvalue weighted by Crippen LogP contribution is -2.30. The van der Waals surface area contributed by atoms with Gasteiger partial charge < -0.3 is 14.2 Å². The van der Waals surface area contributed by atoms with Gasteiger partial charge in [-0.25, -0.2) is 0 Å². The van der Waals surface area contributed by atoms with Gasteiger partial charge >= 0.3 is 17.9 Å². The maximum atomic E-state index is 12.8. The van der Waals surface area contributed by atoms with Gasteiger partial charge in [-0.2, -0.15) is 0 Å². The van der Waals surface area contributed by atoms with Gasteiger partial charge in [-0.1, -0.05) is 230 Å². The summed E-state index contributed by atoms with van der Waals surface area (Å²) in [5.74, 6) is -1.18. The molecule has 69 heavy (non-hydrogen) atoms. The highest BCUT2D eigenvalue weighted by molar-refractivity contribution is 5.72. The molecule has 0 amide bonds. The topological polar surface area (TPSA) is 78.9 Å². The van der Waals surface area contributed by atoms with Crippen LogP contribution >= 0.6 is 0 Å². The molecule has 0 N–H and O–H groups in total. The van der Waals surface area contributed by atoms with Gasteiger partial charge in [0.1, 0.15) is 13.2 Å². The van der Waals surface area contributed by atoms with Crippen LogP contribution in [0.5, 0.6) is 0 Å². The van der Waals surface area contributed by atoms with Crippen molar-refractivity contribution in [3.63, 3.8) is 0 Å². The van der Waals surface area contributed by atoms with Gasteiger partial charge in [0.15, 0.2) is 6.10 Å². The van der Waals surface area contributed by atoms with Crippen LogP contribution in [-0.2, 0) is 28.6 Å². The highest BCUT2D eigenvalue weighted by Gasteiger charge is 2.19. The third-order valence-electron chi connectivity index (χ3n) is 10.6. The molecule has 0 spiro atoms. The lowest BCUT2D eigenvalue weighted by molar-refractivity contribution is -0.166. The molecule has 6 heteroatoms. The number of unbranched alkanes of at least 4 members (excludes halogenated alkanes) is 10. The Labute approximate surface area is 422 Å². The standard InChI is InChI=1S/C63H96O6/c1-4-7-10-13-16-19-22-25-27-28-29-30-31-32-33-34-36-38-41-44-47-50-53-56-62(65)68-59-60(58-67-61(64)55-52-49-46-43-40-37-24-21-18-15-12-9-6-3)69-63(66)57-54-51-48-45-42-39-35-26-23-20-17-14-11-8-5-2/h7-12,16-21,25-27,29-30,35,37,40,42,45-46,49,51,54,60H,4-6,13-15,22-24,28,31-34,36,38-39,41,43-44,47-48,50,52-53,55-59H2,1-3H3/b10-7-,11-8-,12-9-,19-16-,20-17-,21-18-,27-25-,30-29-,35-26-,40-37-,45-42-,49-46-,54-51-. The van der Waals surface area contributed by atoms with Crippen molar-refractivity contribution in [1.29, 1.82) is 0 Å². The van der Waals surface area contributed by atoms with Gasteiger partial charge in [0.2, 0.25) is 0 Å². The SMILES string of the molecule is CC/C=C\C/C=C\C/C=C\C/C=C\C/C=C\CC(=O)OC(COC(=O)CC/C=C\C/C=C\C/C=C\C/C=C\CC)COC(=O)CCCCCCCCCCCC/C=C\C/C=C\C/C=C\C/C=C\CC. The van der Waals surface area contributed by atoms with Crippen LogP contribution in [0, 0.1) is 0 Å². The predicted octanol–water partition coefficient (Wildman–Crippen LogP) is 18.2. The Hall–Kier alpha value is -4.97. The molecule has 384 valence electrons. The van der Waals surface area contributed by atoms with Gasteiger partial charge in [-0.3, -0.25) is 14.4 Å². The number of carbonyl (C=O) groups is 3. The van der Waals surface area contributed by atoms with Crippen LogP contribution in [0.25, 0.3) is 0 Å². The van der Waals surface area contributed by atoms with Crippen LogP contribution < -0.4 is 0 Å². The maximum Gasteiger partial charge on any atom is 0.310 e. The summed E-state index contributed by atoms with van der Waals surface area (Å²) in [4.78, 5) is 37.9. The Balaban J connectivity index is 4.52. The summed E-state index contributed by atoms with van der Waals surface area (Å²) in [6.45, 7) is 6.12. The van der Waals surface area contributed by atoms with Crippen LogP contribution in [0.2, 0.25) is 0 Å². The minimum atomic E-state index is -0.870. The number of hydrogen-bond acceptors (Lipinski definition) is 6. The van der Waals surface area contributed by atoms with Crippen molar-refractivity contribution in [3.05, 3.63) is 158 Å². The predicted molar refractivity (Wildman–Crippen MR) is 297 cm³/mol. The Morgan fingerprint density at radius 2 is 0.594 bits per heavy atom. The van der Waals surface area contributed by atoms with Crippen LogP contribution in [-0.4, -0.2) is 37.2 Å². The fraction of sp³-hybridized carbons (Fsp3) is 0.540. The molecule has 0 saturated heterocycles. The average Bonchev–Trinajstić information content (AvgIpc) is 3.35. The smallest absolute Gasteiger partial charge is 0.310 e. The zero-order valence-corrected chi connectivity index (χ0v) is 43.8. The molecule has 0 saturated carbocycles. The molecule has 0 bridgehead atoms. The van der Waals surface area contributed by atoms with Gasteiger partial charge in [-0.05, 0) is 109 Å². The summed E-state index contributed by atoms with van der Waals surface area (Å²) in [5, 5.41) is 0. The molecule has 0 aliphatic heterocycles. The third-order valence-corrected chi connectivity index (χ3v) is 10.6. The van der Waals surface area contributed by atoms with E-state index in [0.29, 0.717) is 19.3 Å². The van der Waals surface area contributed by atoms with Gasteiger partial charge in [0.25, 0.3) is 0 Å². The van der Waals surface area contributed by atoms with Crippen LogP contribution in [0.15, 0.2) is 158 Å². The number of esters is 3. The van der Waals surface area contributed by atoms with E-state index in [1.807, 2.05) is 18.2 Å². The van der Waals surface area contributed by atoms with E-state index < -0.39 is 12.1 Å². The van der Waals surface area contributed by atoms with Crippen molar-refractivity contribution < 1.29 is 28.6 Å². The summed E-state index contributed by atoms with van der Waals surface area (Å²) in [7, 11) is 0. The minimum Gasteiger partial charge on any atom is -0.462 e. The normalized spacial score (nSPS) is 13.4. The first-order valence-corrected chi connectivity index (χ1v) is 27.0. The summed E-state index contributed by atoms with van der Waals surface area (Å²) < 4.78 is 16.6. The van der Waals surface area contributed by atoms with E-state index in [1.165, 1.54) is 51.4 Å². The van der Waals surface area contributed by atoms with E-state index in [-0.39, 0.29) is 38.0 Å². The summed E-state index contributed by atoms with van der Waals surface area (Å²) in [6.07, 6.45) is 81.3. The second-order valence-electron chi connectivity index (χ2n) is 17.0. The van der Waals surface area contributed by atoms with E-state index >= 15 is 0 Å². The first-order chi connectivity index (χ1) is 34.0. The van der Waals surface area contributed by atoms with Crippen LogP contribution in [0.4, 0.5) is 0 Å². The Kier molecular flexibility index (Phi) is 51.6. The average molecular weight is 949 g/mol. The molecule has 0 aromatic rings. The number of allylic oxidation sites excluding steroid dienone is 25. The molecular weight excluding hydrogens is 853 g/mol. The van der Waals surface area contributed by atoms with E-state index in [0.717, 1.165) is 96.3 Å². The Bertz CT molecular complexity index is 1610. The van der Waals surface area contributed by atoms with Crippen molar-refractivity contribution in [1.82, 2.24) is 0 Å². The summed E-state index contributed by atoms with van der Waals surface area (Å²) in [6, 6.07) is 0. The monoisotopic (exact) mass is 949 g/mol. The Morgan fingerprint density at radius 1 is 0.304 bits per heavy atom. The van der Waals surface area contributed by atoms with Crippen LogP contribution in [0.3, 0.4) is 0 Å². The molecule has 0 heterocycles. The van der Waals surface area contributed by atoms with Gasteiger partial charge in [-0.15, -0.1) is 0 Å². The molecule has 0 aromatic carbocycles. The van der Waals surface area contributed by atoms with Gasteiger partial charge in [0, 0.05) is 12.8 Å². The molecule has 0 radical (unpaired) electrons. The van der Waals surface area contributed by atoms with Crippen molar-refractivity contribution in [3.8, 4) is 0 Å². The molecule has 0 rings (SSSR count). The molecule has 1 atom stereocenters. The molecule has 0 aliphatic carbocycles. The molecule has 0 aliphatic rings. The van der Waals surface area contributed by atoms with E-state index in [1.54, 1.807) is 6.08 Å². The highest BCUT2D eigenvalue weighted by Crippen LogP contribution is 2.13. The van der Waals surface area contributed by atoms with E-state index in [4.69, 9.17) is 14.2 Å². The number of rotatable bonds is 46. The van der Waals surface area contributed by atoms with Gasteiger partial charge in [0.05, 0.1) is 6.42 Å². The number of hydrogen-bond donors (Lipinski definition) is 0. The maximum absolute atomic E-state index is 12.8. The number of carbonyl (C=O) groups excluding carboxylic acids is 3. The molecule has 1 unspecified atom stereocenters. The van der Waals surface area contributed by atoms with E-state index in [2.05, 4.69) is 154 Å². The lowest BCUT2D eigenvalue weighted by atomic mass is 10.1. The summed E-state index contributed by atoms with van der Waals surface area (Å²) in [5.41, 5.74) is 0. The summed E-state index contributed by atoms with van der Waals surface area (Å²) >= 11 is 0. The van der Waals surface area contributed by atoms with Crippen molar-refractivity contribution in [2.24, 2.45) is 0 Å². The number of ether oxygens (including phenoxy) is 3. The molecule has 0 aromatic heterocycles. The van der Waals surface area contributed by atoms with Crippen molar-refractivity contribution in [2.75, 3.05) is 13.2 Å². The quantitative estimate of drug-likeness (QED) is 0.0262. The third kappa shape index (κ3) is 53.8. The molecular formula is C63H96O6. The fourth-order valence-corrected chi connectivity index (χ4v) is 6.64. The van der Waals surface area contributed by atoms with E-state index in [9.17, 15) is 14.4 Å². The first-order valence-electron chi connectivity index (χ1n) is 27.0. The lowest BCUT2D eigenvalue weighted by Gasteiger charge is -2.18. The van der Waals surface area contributed by atoms with Crippen molar-refractivity contribution in [2.45, 2.75) is 207 Å². The molecule has 0 fully saturated rings.